The van der Waals surface area contributed by atoms with Crippen molar-refractivity contribution in [3.8, 4) is 0 Å². The number of aromatic nitrogens is 2. The molecular formula is C11H10Cl3N3O3S. The summed E-state index contributed by atoms with van der Waals surface area (Å²) in [5.41, 5.74) is 0. The second kappa shape index (κ2) is 6.50. The average molecular weight is 371 g/mol. The molecule has 114 valence electrons. The zero-order valence-corrected chi connectivity index (χ0v) is 13.8. The van der Waals surface area contributed by atoms with Gasteiger partial charge < -0.3 is 4.52 Å². The third kappa shape index (κ3) is 4.08. The molecule has 0 saturated carbocycles. The molecule has 0 radical (unpaired) electrons. The van der Waals surface area contributed by atoms with Crippen LogP contribution in [0.5, 0.6) is 0 Å². The van der Waals surface area contributed by atoms with E-state index < -0.39 is 10.0 Å². The van der Waals surface area contributed by atoms with E-state index in [1.807, 2.05) is 0 Å². The van der Waals surface area contributed by atoms with Crippen molar-refractivity contribution < 1.29 is 12.9 Å². The molecule has 21 heavy (non-hydrogen) atoms. The summed E-state index contributed by atoms with van der Waals surface area (Å²) < 4.78 is 31.6. The lowest BCUT2D eigenvalue weighted by molar-refractivity contribution is 0.375. The van der Waals surface area contributed by atoms with Crippen molar-refractivity contribution in [1.29, 1.82) is 0 Å². The van der Waals surface area contributed by atoms with Crippen molar-refractivity contribution >= 4 is 44.8 Å². The first-order valence-corrected chi connectivity index (χ1v) is 8.34. The summed E-state index contributed by atoms with van der Waals surface area (Å²) in [7, 11) is -3.86. The van der Waals surface area contributed by atoms with E-state index in [0.29, 0.717) is 11.7 Å². The van der Waals surface area contributed by atoms with Gasteiger partial charge in [-0.3, -0.25) is 0 Å². The standard InChI is InChI=1S/C11H10Cl3N3O3S/c1-6-16-10(20-17-6)2-3-15-21(18,19)11-8(13)4-7(12)5-9(11)14/h4-5,15H,2-3H2,1H3. The van der Waals surface area contributed by atoms with E-state index in [9.17, 15) is 8.42 Å². The number of nitrogens with one attached hydrogen (secondary N) is 1. The van der Waals surface area contributed by atoms with Crippen LogP contribution in [-0.2, 0) is 16.4 Å². The van der Waals surface area contributed by atoms with E-state index in [1.54, 1.807) is 6.92 Å². The smallest absolute Gasteiger partial charge is 0.243 e. The van der Waals surface area contributed by atoms with Crippen molar-refractivity contribution in [3.05, 3.63) is 38.9 Å². The second-order valence-electron chi connectivity index (χ2n) is 4.08. The van der Waals surface area contributed by atoms with Gasteiger partial charge in [0, 0.05) is 18.0 Å². The maximum Gasteiger partial charge on any atom is 0.243 e. The normalized spacial score (nSPS) is 11.8. The molecule has 0 fully saturated rings. The molecule has 0 unspecified atom stereocenters. The summed E-state index contributed by atoms with van der Waals surface area (Å²) >= 11 is 17.5. The minimum Gasteiger partial charge on any atom is -0.339 e. The summed E-state index contributed by atoms with van der Waals surface area (Å²) in [6.07, 6.45) is 0.253. The van der Waals surface area contributed by atoms with Gasteiger partial charge in [-0.15, -0.1) is 0 Å². The number of benzene rings is 1. The lowest BCUT2D eigenvalue weighted by Gasteiger charge is -2.09. The highest BCUT2D eigenvalue weighted by atomic mass is 35.5. The van der Waals surface area contributed by atoms with Crippen LogP contribution in [0.15, 0.2) is 21.6 Å². The molecule has 6 nitrogen and oxygen atoms in total. The van der Waals surface area contributed by atoms with Gasteiger partial charge in [0.2, 0.25) is 15.9 Å². The number of aryl methyl sites for hydroxylation is 1. The molecule has 2 rings (SSSR count). The zero-order chi connectivity index (χ0) is 15.6. The van der Waals surface area contributed by atoms with Gasteiger partial charge in [0.25, 0.3) is 0 Å². The van der Waals surface area contributed by atoms with Gasteiger partial charge in [-0.2, -0.15) is 4.98 Å². The third-order valence-corrected chi connectivity index (χ3v) is 5.03. The Bertz CT molecular complexity index is 738. The highest BCUT2D eigenvalue weighted by molar-refractivity contribution is 7.89. The predicted octanol–water partition coefficient (Wildman–Crippen LogP) is 2.86. The Morgan fingerprint density at radius 3 is 2.38 bits per heavy atom. The summed E-state index contributed by atoms with van der Waals surface area (Å²) in [4.78, 5) is 3.76. The lowest BCUT2D eigenvalue weighted by atomic mass is 10.4. The lowest BCUT2D eigenvalue weighted by Crippen LogP contribution is -2.26. The van der Waals surface area contributed by atoms with Gasteiger partial charge in [-0.1, -0.05) is 40.0 Å². The molecule has 0 atom stereocenters. The number of rotatable bonds is 5. The fraction of sp³-hybridized carbons (Fsp3) is 0.273. The summed E-state index contributed by atoms with van der Waals surface area (Å²) in [6, 6.07) is 2.62. The van der Waals surface area contributed by atoms with Crippen LogP contribution in [0.4, 0.5) is 0 Å². The monoisotopic (exact) mass is 369 g/mol. The van der Waals surface area contributed by atoms with Gasteiger partial charge in [0.15, 0.2) is 5.82 Å². The molecule has 0 aliphatic carbocycles. The molecule has 0 aliphatic rings. The molecule has 0 bridgehead atoms. The maximum absolute atomic E-state index is 12.2. The fourth-order valence-electron chi connectivity index (χ4n) is 1.59. The van der Waals surface area contributed by atoms with Crippen molar-refractivity contribution in [2.75, 3.05) is 6.54 Å². The van der Waals surface area contributed by atoms with E-state index in [0.717, 1.165) is 0 Å². The predicted molar refractivity (Wildman–Crippen MR) is 79.4 cm³/mol. The minimum absolute atomic E-state index is 0.0476. The van der Waals surface area contributed by atoms with Crippen LogP contribution in [0.3, 0.4) is 0 Å². The van der Waals surface area contributed by atoms with Crippen LogP contribution in [0.25, 0.3) is 0 Å². The van der Waals surface area contributed by atoms with Crippen molar-refractivity contribution in [2.24, 2.45) is 0 Å². The third-order valence-electron chi connectivity index (χ3n) is 2.43. The Kier molecular flexibility index (Phi) is 5.11. The highest BCUT2D eigenvalue weighted by Crippen LogP contribution is 2.32. The fourth-order valence-corrected chi connectivity index (χ4v) is 4.16. The molecule has 1 heterocycles. The van der Waals surface area contributed by atoms with E-state index in [-0.39, 0.29) is 32.9 Å². The van der Waals surface area contributed by atoms with Crippen molar-refractivity contribution in [3.63, 3.8) is 0 Å². The molecule has 0 aliphatic heterocycles. The SMILES string of the molecule is Cc1noc(CCNS(=O)(=O)c2c(Cl)cc(Cl)cc2Cl)n1. The van der Waals surface area contributed by atoms with Crippen molar-refractivity contribution in [1.82, 2.24) is 14.9 Å². The number of nitrogens with zero attached hydrogens (tertiary/aromatic N) is 2. The quantitative estimate of drug-likeness (QED) is 0.874. The molecule has 10 heteroatoms. The largest absolute Gasteiger partial charge is 0.339 e. The highest BCUT2D eigenvalue weighted by Gasteiger charge is 2.22. The van der Waals surface area contributed by atoms with Gasteiger partial charge in [-0.25, -0.2) is 13.1 Å². The first-order valence-electron chi connectivity index (χ1n) is 5.73. The topological polar surface area (TPSA) is 85.1 Å². The van der Waals surface area contributed by atoms with Crippen LogP contribution in [0, 0.1) is 6.92 Å². The summed E-state index contributed by atoms with van der Waals surface area (Å²) in [6.45, 7) is 1.74. The maximum atomic E-state index is 12.2. The number of hydrogen-bond donors (Lipinski definition) is 1. The summed E-state index contributed by atoms with van der Waals surface area (Å²) in [5.74, 6) is 0.820. The average Bonchev–Trinajstić information content (AvgIpc) is 2.72. The molecule has 1 N–H and O–H groups in total. The number of halogens is 3. The van der Waals surface area contributed by atoms with Crippen LogP contribution in [-0.4, -0.2) is 25.1 Å². The van der Waals surface area contributed by atoms with Crippen LogP contribution >= 0.6 is 34.8 Å². The molecule has 0 saturated heterocycles. The molecule has 2 aromatic rings. The van der Waals surface area contributed by atoms with Crippen LogP contribution in [0.2, 0.25) is 15.1 Å². The Morgan fingerprint density at radius 2 is 1.86 bits per heavy atom. The van der Waals surface area contributed by atoms with Gasteiger partial charge >= 0.3 is 0 Å². The Hall–Kier alpha value is -0.860. The molecular weight excluding hydrogens is 361 g/mol. The van der Waals surface area contributed by atoms with E-state index in [4.69, 9.17) is 39.3 Å². The van der Waals surface area contributed by atoms with Gasteiger partial charge in [0.05, 0.1) is 10.0 Å². The zero-order valence-electron chi connectivity index (χ0n) is 10.7. The first kappa shape index (κ1) is 16.5. The Labute approximate surface area is 136 Å². The second-order valence-corrected chi connectivity index (χ2v) is 7.04. The molecule has 1 aromatic carbocycles. The molecule has 0 spiro atoms. The van der Waals surface area contributed by atoms with Crippen molar-refractivity contribution in [2.45, 2.75) is 18.2 Å². The van der Waals surface area contributed by atoms with E-state index in [2.05, 4.69) is 14.9 Å². The molecule has 1 aromatic heterocycles. The Balaban J connectivity index is 2.12. The van der Waals surface area contributed by atoms with E-state index >= 15 is 0 Å². The van der Waals surface area contributed by atoms with Crippen LogP contribution in [0.1, 0.15) is 11.7 Å². The van der Waals surface area contributed by atoms with E-state index in [1.165, 1.54) is 12.1 Å². The number of sulfonamides is 1. The number of hydrogen-bond acceptors (Lipinski definition) is 5. The molecule has 0 amide bonds. The first-order chi connectivity index (χ1) is 9.79. The minimum atomic E-state index is -3.86. The van der Waals surface area contributed by atoms with Crippen LogP contribution < -0.4 is 4.72 Å². The summed E-state index contributed by atoms with van der Waals surface area (Å²) in [5, 5.41) is 3.77. The van der Waals surface area contributed by atoms with Gasteiger partial charge in [0.1, 0.15) is 4.90 Å². The van der Waals surface area contributed by atoms with Gasteiger partial charge in [-0.05, 0) is 19.1 Å². The Morgan fingerprint density at radius 1 is 1.24 bits per heavy atom.